The molecule has 10 nitrogen and oxygen atoms in total. The normalized spacial score (nSPS) is 13.1. The van der Waals surface area contributed by atoms with Crippen LogP contribution in [-0.2, 0) is 27.8 Å². The van der Waals surface area contributed by atoms with Gasteiger partial charge in [-0.15, -0.1) is 0 Å². The lowest BCUT2D eigenvalue weighted by molar-refractivity contribution is -0.384. The van der Waals surface area contributed by atoms with Gasteiger partial charge in [-0.25, -0.2) is 13.2 Å². The van der Waals surface area contributed by atoms with Crippen LogP contribution in [0.3, 0.4) is 0 Å². The summed E-state index contributed by atoms with van der Waals surface area (Å²) in [5.41, 5.74) is 1.41. The Kier molecular flexibility index (Phi) is 11.2. The van der Waals surface area contributed by atoms with Crippen LogP contribution in [0.4, 0.5) is 10.5 Å². The molecule has 0 fully saturated rings. The number of hydrogen-bond donors (Lipinski definition) is 2. The number of nitrogens with one attached hydrogen (secondary N) is 1. The van der Waals surface area contributed by atoms with E-state index in [0.29, 0.717) is 6.42 Å². The maximum Gasteiger partial charge on any atom is 0.407 e. The molecule has 0 bridgehead atoms. The highest BCUT2D eigenvalue weighted by Crippen LogP contribution is 2.22. The van der Waals surface area contributed by atoms with Crippen molar-refractivity contribution in [3.05, 3.63) is 106 Å². The van der Waals surface area contributed by atoms with Crippen LogP contribution in [0.15, 0.2) is 89.8 Å². The van der Waals surface area contributed by atoms with Crippen molar-refractivity contribution in [2.24, 2.45) is 5.92 Å². The van der Waals surface area contributed by atoms with Crippen molar-refractivity contribution < 1.29 is 28.0 Å². The summed E-state index contributed by atoms with van der Waals surface area (Å²) in [6.07, 6.45) is -1.27. The van der Waals surface area contributed by atoms with E-state index >= 15 is 0 Å². The molecule has 214 valence electrons. The van der Waals surface area contributed by atoms with Gasteiger partial charge in [-0.3, -0.25) is 10.1 Å². The first-order valence-electron chi connectivity index (χ1n) is 13.0. The predicted molar refractivity (Wildman–Crippen MR) is 151 cm³/mol. The molecule has 3 aromatic carbocycles. The molecule has 3 rings (SSSR count). The lowest BCUT2D eigenvalue weighted by Gasteiger charge is -2.30. The van der Waals surface area contributed by atoms with Crippen LogP contribution in [0.5, 0.6) is 0 Å². The standard InChI is InChI=1S/C29H35N3O7S/c1-22(2)17-18-31(40(37,38)26-15-13-25(14-16-26)32(35)36)20-28(33)27(19-23-9-5-3-6-10-23)30-29(34)39-21-24-11-7-4-8-12-24/h3-16,22,27-28,33H,17-21H2,1-2H3,(H,30,34). The first-order chi connectivity index (χ1) is 19.1. The molecule has 0 aliphatic carbocycles. The van der Waals surface area contributed by atoms with Crippen LogP contribution in [0.1, 0.15) is 31.4 Å². The summed E-state index contributed by atoms with van der Waals surface area (Å²) in [7, 11) is -4.11. The van der Waals surface area contributed by atoms with Crippen LogP contribution in [-0.4, -0.2) is 54.1 Å². The summed E-state index contributed by atoms with van der Waals surface area (Å²) in [6.45, 7) is 3.76. The van der Waals surface area contributed by atoms with Gasteiger partial charge in [-0.1, -0.05) is 74.5 Å². The van der Waals surface area contributed by atoms with Crippen molar-refractivity contribution in [1.29, 1.82) is 0 Å². The molecule has 0 saturated heterocycles. The van der Waals surface area contributed by atoms with E-state index in [1.165, 1.54) is 12.1 Å². The number of ether oxygens (including phenoxy) is 1. The molecule has 0 spiro atoms. The first-order valence-corrected chi connectivity index (χ1v) is 14.4. The molecule has 0 aliphatic rings. The third-order valence-electron chi connectivity index (χ3n) is 6.31. The monoisotopic (exact) mass is 569 g/mol. The Labute approximate surface area is 234 Å². The topological polar surface area (TPSA) is 139 Å². The number of carbonyl (C=O) groups is 1. The zero-order chi connectivity index (χ0) is 29.1. The summed E-state index contributed by atoms with van der Waals surface area (Å²) >= 11 is 0. The van der Waals surface area contributed by atoms with Crippen LogP contribution < -0.4 is 5.32 Å². The van der Waals surface area contributed by atoms with Crippen LogP contribution in [0.25, 0.3) is 0 Å². The molecular weight excluding hydrogens is 534 g/mol. The maximum absolute atomic E-state index is 13.6. The minimum atomic E-state index is -4.11. The molecular formula is C29H35N3O7S. The van der Waals surface area contributed by atoms with E-state index in [4.69, 9.17) is 4.74 Å². The fourth-order valence-electron chi connectivity index (χ4n) is 4.00. The molecule has 1 amide bonds. The van der Waals surface area contributed by atoms with E-state index in [-0.39, 0.29) is 42.6 Å². The van der Waals surface area contributed by atoms with E-state index in [1.807, 2.05) is 74.5 Å². The van der Waals surface area contributed by atoms with Gasteiger partial charge in [0.05, 0.1) is 22.0 Å². The number of non-ortho nitro benzene ring substituents is 1. The summed E-state index contributed by atoms with van der Waals surface area (Å²) in [5.74, 6) is 0.179. The Hall–Kier alpha value is -3.80. The molecule has 2 atom stereocenters. The average Bonchev–Trinajstić information content (AvgIpc) is 2.94. The van der Waals surface area contributed by atoms with E-state index in [1.54, 1.807) is 0 Å². The van der Waals surface area contributed by atoms with Crippen molar-refractivity contribution in [1.82, 2.24) is 9.62 Å². The second-order valence-corrected chi connectivity index (χ2v) is 11.8. The minimum Gasteiger partial charge on any atom is -0.445 e. The summed E-state index contributed by atoms with van der Waals surface area (Å²) in [5, 5.41) is 25.0. The Morgan fingerprint density at radius 2 is 1.55 bits per heavy atom. The number of amides is 1. The van der Waals surface area contributed by atoms with E-state index < -0.39 is 33.2 Å². The summed E-state index contributed by atoms with van der Waals surface area (Å²) in [6, 6.07) is 22.1. The van der Waals surface area contributed by atoms with Crippen molar-refractivity contribution >= 4 is 21.8 Å². The number of aliphatic hydroxyl groups excluding tert-OH is 1. The van der Waals surface area contributed by atoms with Crippen molar-refractivity contribution in [3.8, 4) is 0 Å². The number of carbonyl (C=O) groups excluding carboxylic acids is 1. The minimum absolute atomic E-state index is 0.0376. The number of aliphatic hydroxyl groups is 1. The van der Waals surface area contributed by atoms with Gasteiger partial charge in [-0.05, 0) is 42.0 Å². The quantitative estimate of drug-likeness (QED) is 0.215. The van der Waals surface area contributed by atoms with Crippen LogP contribution in [0.2, 0.25) is 0 Å². The number of nitrogens with zero attached hydrogens (tertiary/aromatic N) is 2. The van der Waals surface area contributed by atoms with Gasteiger partial charge in [0, 0.05) is 25.2 Å². The van der Waals surface area contributed by atoms with Crippen molar-refractivity contribution in [3.63, 3.8) is 0 Å². The Bertz CT molecular complexity index is 1340. The highest BCUT2D eigenvalue weighted by Gasteiger charge is 2.31. The van der Waals surface area contributed by atoms with Crippen molar-refractivity contribution in [2.75, 3.05) is 13.1 Å². The molecule has 0 aromatic heterocycles. The van der Waals surface area contributed by atoms with Gasteiger partial charge >= 0.3 is 6.09 Å². The van der Waals surface area contributed by atoms with Gasteiger partial charge in [0.25, 0.3) is 5.69 Å². The molecule has 2 N–H and O–H groups in total. The van der Waals surface area contributed by atoms with E-state index in [9.17, 15) is 28.4 Å². The number of hydrogen-bond acceptors (Lipinski definition) is 7. The molecule has 40 heavy (non-hydrogen) atoms. The summed E-state index contributed by atoms with van der Waals surface area (Å²) in [4.78, 5) is 23.0. The van der Waals surface area contributed by atoms with Gasteiger partial charge in [0.15, 0.2) is 0 Å². The largest absolute Gasteiger partial charge is 0.445 e. The van der Waals surface area contributed by atoms with Crippen LogP contribution >= 0.6 is 0 Å². The SMILES string of the molecule is CC(C)CCN(CC(O)C(Cc1ccccc1)NC(=O)OCc1ccccc1)S(=O)(=O)c1ccc([N+](=O)[O-])cc1. The molecule has 0 aliphatic heterocycles. The Morgan fingerprint density at radius 1 is 0.975 bits per heavy atom. The zero-order valence-corrected chi connectivity index (χ0v) is 23.4. The highest BCUT2D eigenvalue weighted by atomic mass is 32.2. The van der Waals surface area contributed by atoms with Gasteiger partial charge < -0.3 is 15.2 Å². The van der Waals surface area contributed by atoms with Gasteiger partial charge in [0.1, 0.15) is 6.61 Å². The molecule has 3 aromatic rings. The highest BCUT2D eigenvalue weighted by molar-refractivity contribution is 7.89. The zero-order valence-electron chi connectivity index (χ0n) is 22.5. The summed E-state index contributed by atoms with van der Waals surface area (Å²) < 4.78 is 33.6. The lowest BCUT2D eigenvalue weighted by atomic mass is 10.0. The molecule has 2 unspecified atom stereocenters. The number of sulfonamides is 1. The van der Waals surface area contributed by atoms with Crippen molar-refractivity contribution in [2.45, 2.75) is 50.3 Å². The lowest BCUT2D eigenvalue weighted by Crippen LogP contribution is -2.50. The second kappa shape index (κ2) is 14.5. The van der Waals surface area contributed by atoms with Gasteiger partial charge in [-0.2, -0.15) is 4.31 Å². The van der Waals surface area contributed by atoms with E-state index in [0.717, 1.165) is 27.6 Å². The number of benzene rings is 3. The Morgan fingerprint density at radius 3 is 2.10 bits per heavy atom. The average molecular weight is 570 g/mol. The Balaban J connectivity index is 1.81. The maximum atomic E-state index is 13.6. The van der Waals surface area contributed by atoms with Gasteiger partial charge in [0.2, 0.25) is 10.0 Å². The second-order valence-electron chi connectivity index (χ2n) is 9.87. The first kappa shape index (κ1) is 30.7. The number of alkyl carbamates (subject to hydrolysis) is 1. The molecule has 11 heteroatoms. The molecule has 0 radical (unpaired) electrons. The predicted octanol–water partition coefficient (Wildman–Crippen LogP) is 4.53. The number of rotatable bonds is 14. The molecule has 0 saturated carbocycles. The smallest absolute Gasteiger partial charge is 0.407 e. The third-order valence-corrected chi connectivity index (χ3v) is 8.19. The molecule has 0 heterocycles. The fraction of sp³-hybridized carbons (Fsp3) is 0.345. The fourth-order valence-corrected chi connectivity index (χ4v) is 5.48. The number of nitro benzene ring substituents is 1. The third kappa shape index (κ3) is 9.15. The van der Waals surface area contributed by atoms with Crippen LogP contribution in [0, 0.1) is 16.0 Å². The number of nitro groups is 1. The van der Waals surface area contributed by atoms with E-state index in [2.05, 4.69) is 5.32 Å².